The zero-order valence-electron chi connectivity index (χ0n) is 11.7. The highest BCUT2D eigenvalue weighted by Crippen LogP contribution is 2.36. The maximum absolute atomic E-state index is 5.72. The zero-order chi connectivity index (χ0) is 14.3. The van der Waals surface area contributed by atoms with E-state index in [1.165, 1.54) is 15.8 Å². The van der Waals surface area contributed by atoms with Crippen molar-refractivity contribution < 1.29 is 4.42 Å². The maximum Gasteiger partial charge on any atom is 0.105 e. The lowest BCUT2D eigenvalue weighted by atomic mass is 10.1. The fraction of sp³-hybridized carbons (Fsp3) is 0.312. The molecule has 0 saturated heterocycles. The number of aromatic nitrogens is 1. The van der Waals surface area contributed by atoms with Gasteiger partial charge in [-0.25, -0.2) is 4.98 Å². The Hall–Kier alpha value is -1.13. The predicted octanol–water partition coefficient (Wildman–Crippen LogP) is 5.49. The summed E-state index contributed by atoms with van der Waals surface area (Å²) in [5, 5.41) is 1.16. The van der Waals surface area contributed by atoms with Crippen molar-refractivity contribution in [2.45, 2.75) is 32.0 Å². The fourth-order valence-electron chi connectivity index (χ4n) is 2.53. The topological polar surface area (TPSA) is 26.0 Å². The first-order valence-corrected chi connectivity index (χ1v) is 8.34. The first-order chi connectivity index (χ1) is 9.56. The first kappa shape index (κ1) is 13.8. The van der Waals surface area contributed by atoms with E-state index in [1.54, 1.807) is 11.3 Å². The molecule has 4 heteroatoms. The van der Waals surface area contributed by atoms with Crippen LogP contribution in [0.25, 0.3) is 10.2 Å². The molecule has 0 bridgehead atoms. The van der Waals surface area contributed by atoms with Gasteiger partial charge in [0.15, 0.2) is 0 Å². The number of benzene rings is 1. The standard InChI is InChI=1S/C16H16BrNOS/c1-9-10(2)19-11(3)16(9)12(17)8-15-18-13-6-4-5-7-14(13)20-15/h4-7,12H,8H2,1-3H3. The Bertz CT molecular complexity index is 726. The second-order valence-corrected chi connectivity index (χ2v) is 7.22. The molecule has 0 fully saturated rings. The van der Waals surface area contributed by atoms with Gasteiger partial charge in [0.05, 0.1) is 15.2 Å². The van der Waals surface area contributed by atoms with Crippen LogP contribution in [0.2, 0.25) is 0 Å². The summed E-state index contributed by atoms with van der Waals surface area (Å²) < 4.78 is 6.97. The van der Waals surface area contributed by atoms with E-state index in [0.717, 1.165) is 28.5 Å². The van der Waals surface area contributed by atoms with Gasteiger partial charge in [-0.2, -0.15) is 0 Å². The lowest BCUT2D eigenvalue weighted by molar-refractivity contribution is 0.499. The van der Waals surface area contributed by atoms with Crippen LogP contribution in [-0.4, -0.2) is 4.98 Å². The Morgan fingerprint density at radius 1 is 1.20 bits per heavy atom. The molecule has 0 aliphatic carbocycles. The summed E-state index contributed by atoms with van der Waals surface area (Å²) in [4.78, 5) is 4.95. The molecule has 0 amide bonds. The highest BCUT2D eigenvalue weighted by atomic mass is 79.9. The van der Waals surface area contributed by atoms with Gasteiger partial charge in [-0.1, -0.05) is 28.1 Å². The van der Waals surface area contributed by atoms with Crippen LogP contribution >= 0.6 is 27.3 Å². The molecule has 3 aromatic rings. The molecule has 2 heterocycles. The molecular weight excluding hydrogens is 334 g/mol. The Morgan fingerprint density at radius 2 is 1.95 bits per heavy atom. The van der Waals surface area contributed by atoms with E-state index in [2.05, 4.69) is 41.1 Å². The van der Waals surface area contributed by atoms with Crippen LogP contribution in [0, 0.1) is 20.8 Å². The van der Waals surface area contributed by atoms with Crippen molar-refractivity contribution in [2.24, 2.45) is 0 Å². The van der Waals surface area contributed by atoms with E-state index >= 15 is 0 Å². The molecule has 2 nitrogen and oxygen atoms in total. The summed E-state index contributed by atoms with van der Waals surface area (Å²) in [6.07, 6.45) is 0.889. The Labute approximate surface area is 131 Å². The van der Waals surface area contributed by atoms with E-state index in [-0.39, 0.29) is 4.83 Å². The van der Waals surface area contributed by atoms with Crippen molar-refractivity contribution in [3.05, 3.63) is 51.9 Å². The fourth-order valence-corrected chi connectivity index (χ4v) is 4.73. The zero-order valence-corrected chi connectivity index (χ0v) is 14.1. The minimum atomic E-state index is 0.250. The van der Waals surface area contributed by atoms with Gasteiger partial charge in [-0.3, -0.25) is 0 Å². The largest absolute Gasteiger partial charge is 0.466 e. The minimum absolute atomic E-state index is 0.250. The normalized spacial score (nSPS) is 13.0. The highest BCUT2D eigenvalue weighted by Gasteiger charge is 2.20. The van der Waals surface area contributed by atoms with Crippen LogP contribution < -0.4 is 0 Å². The summed E-state index contributed by atoms with van der Waals surface area (Å²) in [6, 6.07) is 8.28. The van der Waals surface area contributed by atoms with Crippen LogP contribution in [0.5, 0.6) is 0 Å². The number of rotatable bonds is 3. The number of fused-ring (bicyclic) bond motifs is 1. The van der Waals surface area contributed by atoms with Gasteiger partial charge in [0.2, 0.25) is 0 Å². The van der Waals surface area contributed by atoms with Crippen LogP contribution in [0.15, 0.2) is 28.7 Å². The molecule has 104 valence electrons. The molecule has 1 atom stereocenters. The molecule has 0 aliphatic heterocycles. The maximum atomic E-state index is 5.72. The van der Waals surface area contributed by atoms with E-state index in [4.69, 9.17) is 9.40 Å². The van der Waals surface area contributed by atoms with E-state index in [1.807, 2.05) is 19.9 Å². The van der Waals surface area contributed by atoms with Crippen molar-refractivity contribution in [1.29, 1.82) is 0 Å². The number of aryl methyl sites for hydroxylation is 2. The molecule has 0 spiro atoms. The van der Waals surface area contributed by atoms with Crippen molar-refractivity contribution >= 4 is 37.5 Å². The number of hydrogen-bond donors (Lipinski definition) is 0. The molecule has 0 aliphatic rings. The van der Waals surface area contributed by atoms with Crippen molar-refractivity contribution in [3.63, 3.8) is 0 Å². The number of furan rings is 1. The van der Waals surface area contributed by atoms with Gasteiger partial charge in [0.1, 0.15) is 11.5 Å². The van der Waals surface area contributed by atoms with Crippen LogP contribution in [-0.2, 0) is 6.42 Å². The minimum Gasteiger partial charge on any atom is -0.466 e. The summed E-state index contributed by atoms with van der Waals surface area (Å²) in [7, 11) is 0. The van der Waals surface area contributed by atoms with Crippen molar-refractivity contribution in [2.75, 3.05) is 0 Å². The summed E-state index contributed by atoms with van der Waals surface area (Å²) in [5.74, 6) is 2.01. The average molecular weight is 350 g/mol. The number of hydrogen-bond acceptors (Lipinski definition) is 3. The van der Waals surface area contributed by atoms with E-state index in [9.17, 15) is 0 Å². The smallest absolute Gasteiger partial charge is 0.105 e. The monoisotopic (exact) mass is 349 g/mol. The average Bonchev–Trinajstić information content (AvgIpc) is 2.90. The Balaban J connectivity index is 1.90. The third-order valence-electron chi connectivity index (χ3n) is 3.62. The molecule has 0 N–H and O–H groups in total. The van der Waals surface area contributed by atoms with Gasteiger partial charge >= 0.3 is 0 Å². The molecular formula is C16H16BrNOS. The lowest BCUT2D eigenvalue weighted by Crippen LogP contribution is -1.97. The number of para-hydroxylation sites is 1. The van der Waals surface area contributed by atoms with Crippen LogP contribution in [0.4, 0.5) is 0 Å². The highest BCUT2D eigenvalue weighted by molar-refractivity contribution is 9.09. The van der Waals surface area contributed by atoms with Crippen molar-refractivity contribution in [1.82, 2.24) is 4.98 Å². The molecule has 3 rings (SSSR count). The summed E-state index contributed by atoms with van der Waals surface area (Å²) in [5.41, 5.74) is 3.59. The number of nitrogens with zero attached hydrogens (tertiary/aromatic N) is 1. The van der Waals surface area contributed by atoms with E-state index in [0.29, 0.717) is 0 Å². The third-order valence-corrected chi connectivity index (χ3v) is 5.46. The molecule has 20 heavy (non-hydrogen) atoms. The van der Waals surface area contributed by atoms with Gasteiger partial charge < -0.3 is 4.42 Å². The van der Waals surface area contributed by atoms with Gasteiger partial charge in [0, 0.05) is 16.8 Å². The predicted molar refractivity (Wildman–Crippen MR) is 87.9 cm³/mol. The van der Waals surface area contributed by atoms with Crippen LogP contribution in [0.3, 0.4) is 0 Å². The molecule has 0 radical (unpaired) electrons. The second-order valence-electron chi connectivity index (χ2n) is 5.00. The second kappa shape index (κ2) is 5.34. The molecule has 1 aromatic carbocycles. The van der Waals surface area contributed by atoms with Crippen LogP contribution in [0.1, 0.15) is 32.5 Å². The number of alkyl halides is 1. The van der Waals surface area contributed by atoms with Gasteiger partial charge in [-0.05, 0) is 38.5 Å². The summed E-state index contributed by atoms with van der Waals surface area (Å²) in [6.45, 7) is 6.17. The quantitative estimate of drug-likeness (QED) is 0.584. The number of thiazole rings is 1. The number of halogens is 1. The molecule has 1 unspecified atom stereocenters. The SMILES string of the molecule is Cc1oc(C)c(C(Br)Cc2nc3ccccc3s2)c1C. The van der Waals surface area contributed by atoms with Crippen molar-refractivity contribution in [3.8, 4) is 0 Å². The first-order valence-electron chi connectivity index (χ1n) is 6.61. The Kier molecular flexibility index (Phi) is 3.69. The lowest BCUT2D eigenvalue weighted by Gasteiger charge is -2.08. The Morgan fingerprint density at radius 3 is 2.60 bits per heavy atom. The van der Waals surface area contributed by atoms with Gasteiger partial charge in [-0.15, -0.1) is 11.3 Å². The van der Waals surface area contributed by atoms with E-state index < -0.39 is 0 Å². The molecule has 0 saturated carbocycles. The van der Waals surface area contributed by atoms with Gasteiger partial charge in [0.25, 0.3) is 0 Å². The third kappa shape index (κ3) is 2.42. The molecule has 2 aromatic heterocycles. The summed E-state index contributed by atoms with van der Waals surface area (Å²) >= 11 is 5.57.